The van der Waals surface area contributed by atoms with E-state index in [-0.39, 0.29) is 23.8 Å². The minimum Gasteiger partial charge on any atom is -0.356 e. The fraction of sp³-hybridized carbons (Fsp3) is 0.667. The van der Waals surface area contributed by atoms with E-state index in [9.17, 15) is 9.59 Å². The predicted octanol–water partition coefficient (Wildman–Crippen LogP) is 1.34. The van der Waals surface area contributed by atoms with E-state index >= 15 is 0 Å². The van der Waals surface area contributed by atoms with Gasteiger partial charge in [-0.1, -0.05) is 0 Å². The van der Waals surface area contributed by atoms with Gasteiger partial charge in [0.2, 0.25) is 11.8 Å². The van der Waals surface area contributed by atoms with Crippen LogP contribution in [-0.4, -0.2) is 34.7 Å². The Morgan fingerprint density at radius 3 is 2.86 bits per heavy atom. The van der Waals surface area contributed by atoms with Crippen molar-refractivity contribution in [3.63, 3.8) is 0 Å². The topological polar surface area (TPSA) is 67.2 Å². The summed E-state index contributed by atoms with van der Waals surface area (Å²) in [7, 11) is 0. The average Bonchev–Trinajstić information content (AvgIpc) is 2.98. The second kappa shape index (κ2) is 5.50. The van der Waals surface area contributed by atoms with Crippen LogP contribution in [-0.2, 0) is 9.59 Å². The second-order valence-electron chi connectivity index (χ2n) is 6.37. The Balaban J connectivity index is 1.61. The van der Waals surface area contributed by atoms with Crippen LogP contribution in [0.3, 0.4) is 0 Å². The van der Waals surface area contributed by atoms with Gasteiger partial charge in [-0.25, -0.2) is 0 Å². The maximum absolute atomic E-state index is 12.1. The number of carbonyl (C=O) groups excluding carboxylic acids is 2. The molecule has 0 radical (unpaired) electrons. The van der Waals surface area contributed by atoms with E-state index in [0.29, 0.717) is 18.9 Å². The molecule has 1 aromatic rings. The smallest absolute Gasteiger partial charge is 0.227 e. The van der Waals surface area contributed by atoms with Crippen LogP contribution in [0.15, 0.2) is 12.4 Å². The van der Waals surface area contributed by atoms with E-state index in [2.05, 4.69) is 10.4 Å². The molecule has 1 N–H and O–H groups in total. The Morgan fingerprint density at radius 1 is 1.48 bits per heavy atom. The van der Waals surface area contributed by atoms with Crippen molar-refractivity contribution in [2.45, 2.75) is 39.2 Å². The normalized spacial score (nSPS) is 22.1. The van der Waals surface area contributed by atoms with Crippen molar-refractivity contribution in [1.29, 1.82) is 0 Å². The number of amides is 2. The third-order valence-corrected chi connectivity index (χ3v) is 4.19. The fourth-order valence-corrected chi connectivity index (χ4v) is 2.59. The number of nitrogens with one attached hydrogen (secondary N) is 1. The SMILES string of the molecule is CC(C)n1cc(N2CC(C(=O)NCC3CC3)CC2=O)cn1. The van der Waals surface area contributed by atoms with Crippen molar-refractivity contribution in [3.05, 3.63) is 12.4 Å². The number of carbonyl (C=O) groups is 2. The summed E-state index contributed by atoms with van der Waals surface area (Å²) in [6.45, 7) is 5.29. The van der Waals surface area contributed by atoms with Gasteiger partial charge in [-0.3, -0.25) is 14.3 Å². The minimum absolute atomic E-state index is 0.00452. The number of aromatic nitrogens is 2. The zero-order valence-corrected chi connectivity index (χ0v) is 12.6. The zero-order chi connectivity index (χ0) is 15.0. The lowest BCUT2D eigenvalue weighted by molar-refractivity contribution is -0.126. The van der Waals surface area contributed by atoms with Crippen LogP contribution in [0.25, 0.3) is 0 Å². The molecule has 1 saturated carbocycles. The van der Waals surface area contributed by atoms with Gasteiger partial charge in [-0.2, -0.15) is 5.10 Å². The largest absolute Gasteiger partial charge is 0.356 e. The summed E-state index contributed by atoms with van der Waals surface area (Å²) >= 11 is 0. The highest BCUT2D eigenvalue weighted by Crippen LogP contribution is 2.28. The van der Waals surface area contributed by atoms with Crippen molar-refractivity contribution in [3.8, 4) is 0 Å². The lowest BCUT2D eigenvalue weighted by Crippen LogP contribution is -2.34. The van der Waals surface area contributed by atoms with Crippen LogP contribution in [0.2, 0.25) is 0 Å². The van der Waals surface area contributed by atoms with E-state index in [0.717, 1.165) is 12.2 Å². The molecule has 3 rings (SSSR count). The van der Waals surface area contributed by atoms with Gasteiger partial charge in [0.05, 0.1) is 17.8 Å². The molecule has 1 unspecified atom stereocenters. The number of rotatable bonds is 5. The van der Waals surface area contributed by atoms with Gasteiger partial charge >= 0.3 is 0 Å². The second-order valence-corrected chi connectivity index (χ2v) is 6.37. The van der Waals surface area contributed by atoms with Gasteiger partial charge in [-0.05, 0) is 32.6 Å². The molecular formula is C15H22N4O2. The number of hydrogen-bond acceptors (Lipinski definition) is 3. The third-order valence-electron chi connectivity index (χ3n) is 4.19. The lowest BCUT2D eigenvalue weighted by atomic mass is 10.1. The van der Waals surface area contributed by atoms with Gasteiger partial charge < -0.3 is 10.2 Å². The lowest BCUT2D eigenvalue weighted by Gasteiger charge is -2.14. The van der Waals surface area contributed by atoms with Crippen molar-refractivity contribution in [1.82, 2.24) is 15.1 Å². The molecule has 1 aliphatic heterocycles. The maximum atomic E-state index is 12.1. The Kier molecular flexibility index (Phi) is 3.69. The quantitative estimate of drug-likeness (QED) is 0.890. The number of nitrogens with zero attached hydrogens (tertiary/aromatic N) is 3. The van der Waals surface area contributed by atoms with Gasteiger partial charge in [-0.15, -0.1) is 0 Å². The standard InChI is InChI=1S/C15H22N4O2/c1-10(2)19-9-13(7-17-19)18-8-12(5-14(18)20)15(21)16-6-11-3-4-11/h7,9-12H,3-6,8H2,1-2H3,(H,16,21). The highest BCUT2D eigenvalue weighted by molar-refractivity contribution is 6.00. The van der Waals surface area contributed by atoms with E-state index in [4.69, 9.17) is 0 Å². The average molecular weight is 290 g/mol. The van der Waals surface area contributed by atoms with Crippen molar-refractivity contribution in [2.24, 2.45) is 11.8 Å². The van der Waals surface area contributed by atoms with Gasteiger partial charge in [0, 0.05) is 31.7 Å². The van der Waals surface area contributed by atoms with Crippen molar-refractivity contribution in [2.75, 3.05) is 18.0 Å². The van der Waals surface area contributed by atoms with E-state index in [1.807, 2.05) is 24.7 Å². The van der Waals surface area contributed by atoms with Crippen LogP contribution in [0, 0.1) is 11.8 Å². The Morgan fingerprint density at radius 2 is 2.24 bits per heavy atom. The first-order valence-corrected chi connectivity index (χ1v) is 7.67. The Labute approximate surface area is 124 Å². The van der Waals surface area contributed by atoms with Crippen LogP contribution < -0.4 is 10.2 Å². The third kappa shape index (κ3) is 3.09. The number of hydrogen-bond donors (Lipinski definition) is 1. The van der Waals surface area contributed by atoms with Gasteiger partial charge in [0.15, 0.2) is 0 Å². The summed E-state index contributed by atoms with van der Waals surface area (Å²) in [6.07, 6.45) is 6.29. The Bertz CT molecular complexity index is 548. The van der Waals surface area contributed by atoms with Gasteiger partial charge in [0.1, 0.15) is 0 Å². The zero-order valence-electron chi connectivity index (χ0n) is 12.6. The molecule has 0 bridgehead atoms. The molecule has 2 amide bonds. The van der Waals surface area contributed by atoms with Crippen LogP contribution in [0.5, 0.6) is 0 Å². The van der Waals surface area contributed by atoms with Crippen LogP contribution in [0.4, 0.5) is 5.69 Å². The summed E-state index contributed by atoms with van der Waals surface area (Å²) in [5, 5.41) is 7.22. The highest BCUT2D eigenvalue weighted by atomic mass is 16.2. The van der Waals surface area contributed by atoms with Crippen molar-refractivity contribution >= 4 is 17.5 Å². The molecule has 1 aromatic heterocycles. The molecular weight excluding hydrogens is 268 g/mol. The summed E-state index contributed by atoms with van der Waals surface area (Å²) in [5.41, 5.74) is 0.784. The maximum Gasteiger partial charge on any atom is 0.227 e. The van der Waals surface area contributed by atoms with E-state index in [1.165, 1.54) is 12.8 Å². The van der Waals surface area contributed by atoms with Crippen LogP contribution in [0.1, 0.15) is 39.2 Å². The molecule has 2 aliphatic rings. The predicted molar refractivity (Wildman–Crippen MR) is 78.8 cm³/mol. The fourth-order valence-electron chi connectivity index (χ4n) is 2.59. The molecule has 6 nitrogen and oxygen atoms in total. The highest BCUT2D eigenvalue weighted by Gasteiger charge is 2.36. The first-order valence-electron chi connectivity index (χ1n) is 7.67. The monoisotopic (exact) mass is 290 g/mol. The molecule has 1 aliphatic carbocycles. The molecule has 6 heteroatoms. The van der Waals surface area contributed by atoms with E-state index < -0.39 is 0 Å². The molecule has 0 spiro atoms. The first-order chi connectivity index (χ1) is 10.0. The summed E-state index contributed by atoms with van der Waals surface area (Å²) in [4.78, 5) is 25.9. The Hall–Kier alpha value is -1.85. The summed E-state index contributed by atoms with van der Waals surface area (Å²) < 4.78 is 1.82. The molecule has 0 aromatic carbocycles. The summed E-state index contributed by atoms with van der Waals surface area (Å²) in [6, 6.07) is 0.258. The summed E-state index contributed by atoms with van der Waals surface area (Å²) in [5.74, 6) is 0.434. The molecule has 2 heterocycles. The van der Waals surface area contributed by atoms with E-state index in [1.54, 1.807) is 11.1 Å². The van der Waals surface area contributed by atoms with Crippen molar-refractivity contribution < 1.29 is 9.59 Å². The van der Waals surface area contributed by atoms with Gasteiger partial charge in [0.25, 0.3) is 0 Å². The molecule has 21 heavy (non-hydrogen) atoms. The molecule has 114 valence electrons. The number of anilines is 1. The minimum atomic E-state index is -0.237. The molecule has 1 saturated heterocycles. The molecule has 1 atom stereocenters. The van der Waals surface area contributed by atoms with Crippen LogP contribution >= 0.6 is 0 Å². The first kappa shape index (κ1) is 14.1. The molecule has 2 fully saturated rings.